The molecule has 14 heavy (non-hydrogen) atoms. The van der Waals surface area contributed by atoms with Gasteiger partial charge in [-0.05, 0) is 12.1 Å². The lowest BCUT2D eigenvalue weighted by Crippen LogP contribution is -2.24. The van der Waals surface area contributed by atoms with Crippen LogP contribution in [0.3, 0.4) is 0 Å². The van der Waals surface area contributed by atoms with Crippen molar-refractivity contribution in [2.45, 2.75) is 6.10 Å². The van der Waals surface area contributed by atoms with E-state index in [1.165, 1.54) is 0 Å². The summed E-state index contributed by atoms with van der Waals surface area (Å²) in [4.78, 5) is 4.97. The summed E-state index contributed by atoms with van der Waals surface area (Å²) in [6, 6.07) is 9.01. The SMILES string of the molecule is OCC(O)CON(Cl)c1ccccc1. The van der Waals surface area contributed by atoms with Gasteiger partial charge in [-0.15, -0.1) is 0 Å². The van der Waals surface area contributed by atoms with Crippen molar-refractivity contribution in [2.75, 3.05) is 17.8 Å². The van der Waals surface area contributed by atoms with Gasteiger partial charge in [0, 0.05) is 11.8 Å². The van der Waals surface area contributed by atoms with E-state index in [0.717, 1.165) is 4.58 Å². The lowest BCUT2D eigenvalue weighted by Gasteiger charge is -2.16. The molecule has 0 fully saturated rings. The Bertz CT molecular complexity index is 257. The Morgan fingerprint density at radius 2 is 2.00 bits per heavy atom. The molecule has 0 saturated carbocycles. The Balaban J connectivity index is 2.39. The second kappa shape index (κ2) is 5.82. The maximum atomic E-state index is 8.99. The number of anilines is 1. The smallest absolute Gasteiger partial charge is 0.105 e. The molecule has 0 aliphatic heterocycles. The van der Waals surface area contributed by atoms with E-state index in [2.05, 4.69) is 0 Å². The van der Waals surface area contributed by atoms with E-state index in [4.69, 9.17) is 26.8 Å². The molecule has 4 nitrogen and oxygen atoms in total. The third-order valence-electron chi connectivity index (χ3n) is 1.55. The molecule has 1 atom stereocenters. The van der Waals surface area contributed by atoms with Crippen molar-refractivity contribution in [3.05, 3.63) is 30.3 Å². The summed E-state index contributed by atoms with van der Waals surface area (Å²) < 4.78 is 1.03. The van der Waals surface area contributed by atoms with Gasteiger partial charge in [0.1, 0.15) is 12.7 Å². The van der Waals surface area contributed by atoms with Gasteiger partial charge in [0.2, 0.25) is 0 Å². The van der Waals surface area contributed by atoms with E-state index in [1.54, 1.807) is 12.1 Å². The highest BCUT2D eigenvalue weighted by Crippen LogP contribution is 2.15. The van der Waals surface area contributed by atoms with Gasteiger partial charge >= 0.3 is 0 Å². The molecule has 0 aliphatic rings. The molecule has 0 spiro atoms. The molecule has 2 N–H and O–H groups in total. The minimum atomic E-state index is -0.917. The van der Waals surface area contributed by atoms with Crippen molar-refractivity contribution >= 4 is 17.5 Å². The van der Waals surface area contributed by atoms with Crippen LogP contribution in [0.15, 0.2) is 30.3 Å². The summed E-state index contributed by atoms with van der Waals surface area (Å²) >= 11 is 5.73. The first-order valence-corrected chi connectivity index (χ1v) is 4.50. The van der Waals surface area contributed by atoms with Crippen LogP contribution in [0.4, 0.5) is 5.69 Å². The Kier molecular flexibility index (Phi) is 4.69. The van der Waals surface area contributed by atoms with Gasteiger partial charge in [-0.1, -0.05) is 18.2 Å². The predicted molar refractivity (Wildman–Crippen MR) is 53.8 cm³/mol. The number of benzene rings is 1. The van der Waals surface area contributed by atoms with Gasteiger partial charge in [-0.25, -0.2) is 0 Å². The van der Waals surface area contributed by atoms with E-state index in [1.807, 2.05) is 18.2 Å². The van der Waals surface area contributed by atoms with E-state index >= 15 is 0 Å². The first-order chi connectivity index (χ1) is 6.74. The van der Waals surface area contributed by atoms with E-state index in [9.17, 15) is 0 Å². The molecule has 1 unspecified atom stereocenters. The molecular formula is C9H12ClNO3. The van der Waals surface area contributed by atoms with Crippen LogP contribution >= 0.6 is 11.8 Å². The molecule has 0 saturated heterocycles. The lowest BCUT2D eigenvalue weighted by molar-refractivity contribution is 0.0113. The number of rotatable bonds is 5. The fraction of sp³-hybridized carbons (Fsp3) is 0.333. The quantitative estimate of drug-likeness (QED) is 0.569. The molecule has 0 amide bonds. The van der Waals surface area contributed by atoms with Crippen molar-refractivity contribution in [3.63, 3.8) is 0 Å². The highest BCUT2D eigenvalue weighted by Gasteiger charge is 2.07. The molecule has 0 bridgehead atoms. The summed E-state index contributed by atoms with van der Waals surface area (Å²) in [5, 5.41) is 17.5. The molecule has 78 valence electrons. The number of hydrogen-bond donors (Lipinski definition) is 2. The van der Waals surface area contributed by atoms with E-state index < -0.39 is 6.10 Å². The van der Waals surface area contributed by atoms with Gasteiger partial charge in [0.05, 0.1) is 12.3 Å². The van der Waals surface area contributed by atoms with Crippen molar-refractivity contribution in [2.24, 2.45) is 0 Å². The fourth-order valence-corrected chi connectivity index (χ4v) is 0.993. The number of aliphatic hydroxyl groups excluding tert-OH is 2. The monoisotopic (exact) mass is 217 g/mol. The molecule has 0 aromatic heterocycles. The maximum Gasteiger partial charge on any atom is 0.105 e. The van der Waals surface area contributed by atoms with Crippen LogP contribution in [0, 0.1) is 0 Å². The maximum absolute atomic E-state index is 8.99. The topological polar surface area (TPSA) is 52.9 Å². The minimum absolute atomic E-state index is 0.0467. The summed E-state index contributed by atoms with van der Waals surface area (Å²) in [6.45, 7) is -0.394. The van der Waals surface area contributed by atoms with Crippen molar-refractivity contribution in [3.8, 4) is 0 Å². The third kappa shape index (κ3) is 3.51. The Hall–Kier alpha value is -0.810. The average molecular weight is 218 g/mol. The third-order valence-corrected chi connectivity index (χ3v) is 1.84. The summed E-state index contributed by atoms with van der Waals surface area (Å²) in [7, 11) is 0. The zero-order valence-corrected chi connectivity index (χ0v) is 8.26. The highest BCUT2D eigenvalue weighted by atomic mass is 35.5. The molecule has 0 radical (unpaired) electrons. The van der Waals surface area contributed by atoms with Gasteiger partial charge in [0.15, 0.2) is 0 Å². The van der Waals surface area contributed by atoms with Gasteiger partial charge in [0.25, 0.3) is 0 Å². The molecule has 0 aliphatic carbocycles. The van der Waals surface area contributed by atoms with E-state index in [0.29, 0.717) is 5.69 Å². The second-order valence-electron chi connectivity index (χ2n) is 2.71. The van der Waals surface area contributed by atoms with Crippen molar-refractivity contribution in [1.82, 2.24) is 0 Å². The largest absolute Gasteiger partial charge is 0.394 e. The van der Waals surface area contributed by atoms with Crippen molar-refractivity contribution < 1.29 is 15.1 Å². The molecule has 5 heteroatoms. The molecule has 1 aromatic rings. The van der Waals surface area contributed by atoms with Crippen LogP contribution in [0.2, 0.25) is 0 Å². The summed E-state index contributed by atoms with van der Waals surface area (Å²) in [5.74, 6) is 0. The predicted octanol–water partition coefficient (Wildman–Crippen LogP) is 0.932. The summed E-state index contributed by atoms with van der Waals surface area (Å²) in [5.41, 5.74) is 0.666. The Morgan fingerprint density at radius 3 is 2.57 bits per heavy atom. The van der Waals surface area contributed by atoms with Crippen LogP contribution < -0.4 is 4.58 Å². The molecule has 1 aromatic carbocycles. The highest BCUT2D eigenvalue weighted by molar-refractivity contribution is 6.24. The van der Waals surface area contributed by atoms with Gasteiger partial charge in [-0.2, -0.15) is 4.58 Å². The lowest BCUT2D eigenvalue weighted by atomic mass is 10.3. The Labute approximate surface area is 87.4 Å². The average Bonchev–Trinajstić information content (AvgIpc) is 2.26. The number of aliphatic hydroxyl groups is 2. The fourth-order valence-electron chi connectivity index (χ4n) is 0.824. The van der Waals surface area contributed by atoms with Gasteiger partial charge < -0.3 is 10.2 Å². The van der Waals surface area contributed by atoms with Crippen LogP contribution in [-0.4, -0.2) is 29.5 Å². The van der Waals surface area contributed by atoms with Crippen LogP contribution in [0.25, 0.3) is 0 Å². The number of hydrogen-bond acceptors (Lipinski definition) is 4. The Morgan fingerprint density at radius 1 is 1.36 bits per heavy atom. The molecule has 1 rings (SSSR count). The zero-order chi connectivity index (χ0) is 10.4. The van der Waals surface area contributed by atoms with Crippen molar-refractivity contribution in [1.29, 1.82) is 0 Å². The number of para-hydroxylation sites is 1. The first kappa shape index (κ1) is 11.3. The number of nitrogens with zero attached hydrogens (tertiary/aromatic N) is 1. The standard InChI is InChI=1S/C9H12ClNO3/c10-11(14-7-9(13)6-12)8-4-2-1-3-5-8/h1-5,9,12-13H,6-7H2. The normalized spacial score (nSPS) is 12.5. The molecular weight excluding hydrogens is 206 g/mol. The number of halogens is 1. The second-order valence-corrected chi connectivity index (χ2v) is 3.02. The van der Waals surface area contributed by atoms with Crippen LogP contribution in [0.5, 0.6) is 0 Å². The zero-order valence-electron chi connectivity index (χ0n) is 7.51. The first-order valence-electron chi connectivity index (χ1n) is 4.17. The minimum Gasteiger partial charge on any atom is -0.394 e. The summed E-state index contributed by atoms with van der Waals surface area (Å²) in [6.07, 6.45) is -0.917. The van der Waals surface area contributed by atoms with Crippen LogP contribution in [0.1, 0.15) is 0 Å². The van der Waals surface area contributed by atoms with Crippen LogP contribution in [-0.2, 0) is 4.84 Å². The van der Waals surface area contributed by atoms with Gasteiger partial charge in [-0.3, -0.25) is 4.84 Å². The van der Waals surface area contributed by atoms with E-state index in [-0.39, 0.29) is 13.2 Å². The molecule has 0 heterocycles.